The van der Waals surface area contributed by atoms with Crippen molar-refractivity contribution in [2.45, 2.75) is 23.9 Å². The molecule has 1 saturated heterocycles. The molecule has 14 heavy (non-hydrogen) atoms. The number of hydroxylamine groups is 1. The van der Waals surface area contributed by atoms with Crippen molar-refractivity contribution in [1.29, 1.82) is 0 Å². The van der Waals surface area contributed by atoms with Gasteiger partial charge in [0.25, 0.3) is 0 Å². The molecular weight excluding hydrogens is 220 g/mol. The normalized spacial score (nSPS) is 35.1. The van der Waals surface area contributed by atoms with Crippen LogP contribution in [0.4, 0.5) is 0 Å². The fraction of sp³-hybridized carbons (Fsp3) is 0.667. The molecule has 1 fully saturated rings. The van der Waals surface area contributed by atoms with E-state index in [2.05, 4.69) is 11.4 Å². The van der Waals surface area contributed by atoms with Crippen molar-refractivity contribution >= 4 is 29.6 Å². The van der Waals surface area contributed by atoms with Gasteiger partial charge in [-0.1, -0.05) is 11.6 Å². The Morgan fingerprint density at radius 3 is 3.14 bits per heavy atom. The Labute approximate surface area is 92.8 Å². The summed E-state index contributed by atoms with van der Waals surface area (Å²) in [6.45, 7) is 4.51. The molecule has 0 amide bonds. The third-order valence-corrected chi connectivity index (χ3v) is 3.77. The molecule has 2 aliphatic rings. The molecule has 0 saturated carbocycles. The first-order valence-electron chi connectivity index (χ1n) is 4.55. The highest BCUT2D eigenvalue weighted by Crippen LogP contribution is 2.35. The van der Waals surface area contributed by atoms with Crippen LogP contribution in [0.3, 0.4) is 0 Å². The minimum Gasteiger partial charge on any atom is -0.624 e. The number of nitrogens with zero attached hydrogens (tertiary/aromatic N) is 1. The summed E-state index contributed by atoms with van der Waals surface area (Å²) >= 11 is 7.55. The van der Waals surface area contributed by atoms with Crippen molar-refractivity contribution in [2.75, 3.05) is 6.54 Å². The van der Waals surface area contributed by atoms with E-state index in [1.165, 1.54) is 0 Å². The molecule has 1 N–H and O–H groups in total. The molecule has 2 unspecified atom stereocenters. The van der Waals surface area contributed by atoms with E-state index >= 15 is 0 Å². The Morgan fingerprint density at radius 1 is 1.71 bits per heavy atom. The predicted molar refractivity (Wildman–Crippen MR) is 60.6 cm³/mol. The van der Waals surface area contributed by atoms with E-state index in [0.29, 0.717) is 6.54 Å². The van der Waals surface area contributed by atoms with Gasteiger partial charge in [-0.2, -0.15) is 0 Å². The van der Waals surface area contributed by atoms with Gasteiger partial charge in [0.2, 0.25) is 0 Å². The zero-order valence-corrected chi connectivity index (χ0v) is 9.73. The zero-order valence-electron chi connectivity index (χ0n) is 8.16. The second-order valence-electron chi connectivity index (χ2n) is 4.23. The first-order chi connectivity index (χ1) is 6.46. The number of thioether (sulfide) groups is 1. The lowest BCUT2D eigenvalue weighted by molar-refractivity contribution is -0.453. The molecule has 0 radical (unpaired) electrons. The second-order valence-corrected chi connectivity index (χ2v) is 6.24. The topological polar surface area (TPSA) is 38.1 Å². The molecule has 0 aliphatic carbocycles. The Hall–Kier alpha value is -0.350. The smallest absolute Gasteiger partial charge is 0.170 e. The van der Waals surface area contributed by atoms with Gasteiger partial charge in [0, 0.05) is 5.70 Å². The van der Waals surface area contributed by atoms with Gasteiger partial charge in [-0.3, -0.25) is 0 Å². The van der Waals surface area contributed by atoms with E-state index in [-0.39, 0.29) is 15.5 Å². The standard InChI is InChI=1S/C9H13ClN2OS/c1-9(2)3-6-7(4-12(13)5-9)14-8(10)11-6/h3,5,7-8,11H,4H2,1-2H3. The van der Waals surface area contributed by atoms with Crippen molar-refractivity contribution in [2.24, 2.45) is 5.41 Å². The molecule has 2 aliphatic heterocycles. The van der Waals surface area contributed by atoms with Gasteiger partial charge in [-0.15, -0.1) is 11.8 Å². The van der Waals surface area contributed by atoms with Gasteiger partial charge < -0.3 is 10.5 Å². The fourth-order valence-electron chi connectivity index (χ4n) is 1.78. The maximum Gasteiger partial charge on any atom is 0.170 e. The third kappa shape index (κ3) is 2.01. The molecule has 2 heterocycles. The van der Waals surface area contributed by atoms with Crippen molar-refractivity contribution in [3.63, 3.8) is 0 Å². The summed E-state index contributed by atoms with van der Waals surface area (Å²) in [7, 11) is 0. The Bertz CT molecular complexity index is 314. The number of halogens is 1. The van der Waals surface area contributed by atoms with Crippen LogP contribution in [0, 0.1) is 10.6 Å². The first-order valence-corrected chi connectivity index (χ1v) is 5.93. The molecule has 0 spiro atoms. The average molecular weight is 233 g/mol. The number of alkyl halides is 1. The van der Waals surface area contributed by atoms with Crippen molar-refractivity contribution < 1.29 is 4.74 Å². The van der Waals surface area contributed by atoms with Crippen LogP contribution in [-0.4, -0.2) is 27.6 Å². The van der Waals surface area contributed by atoms with E-state index in [0.717, 1.165) is 10.4 Å². The fourth-order valence-corrected chi connectivity index (χ4v) is 3.28. The van der Waals surface area contributed by atoms with Crippen LogP contribution < -0.4 is 5.32 Å². The Kier molecular flexibility index (Phi) is 2.43. The van der Waals surface area contributed by atoms with Gasteiger partial charge in [0.1, 0.15) is 10.1 Å². The average Bonchev–Trinajstić information content (AvgIpc) is 2.23. The van der Waals surface area contributed by atoms with Crippen LogP contribution in [0.1, 0.15) is 13.8 Å². The van der Waals surface area contributed by atoms with Gasteiger partial charge in [0.15, 0.2) is 12.8 Å². The number of fused-ring (bicyclic) bond motifs is 1. The monoisotopic (exact) mass is 232 g/mol. The molecule has 5 heteroatoms. The molecule has 2 atom stereocenters. The van der Waals surface area contributed by atoms with Crippen LogP contribution in [-0.2, 0) is 0 Å². The maximum atomic E-state index is 11.5. The van der Waals surface area contributed by atoms with Crippen LogP contribution >= 0.6 is 23.4 Å². The molecule has 2 rings (SSSR count). The van der Waals surface area contributed by atoms with E-state index in [1.807, 2.05) is 13.8 Å². The van der Waals surface area contributed by atoms with Crippen LogP contribution in [0.5, 0.6) is 0 Å². The Balaban J connectivity index is 2.31. The van der Waals surface area contributed by atoms with Crippen molar-refractivity contribution in [1.82, 2.24) is 5.32 Å². The van der Waals surface area contributed by atoms with E-state index in [9.17, 15) is 5.21 Å². The summed E-state index contributed by atoms with van der Waals surface area (Å²) in [5.41, 5.74) is 0.898. The number of nitrogens with one attached hydrogen (secondary N) is 1. The molecule has 0 bridgehead atoms. The van der Waals surface area contributed by atoms with E-state index < -0.39 is 0 Å². The van der Waals surface area contributed by atoms with Crippen LogP contribution in [0.2, 0.25) is 0 Å². The van der Waals surface area contributed by atoms with Crippen LogP contribution in [0.15, 0.2) is 11.8 Å². The highest BCUT2D eigenvalue weighted by Gasteiger charge is 2.35. The summed E-state index contributed by atoms with van der Waals surface area (Å²) in [6.07, 6.45) is 3.80. The second kappa shape index (κ2) is 3.35. The highest BCUT2D eigenvalue weighted by atomic mass is 35.5. The lowest BCUT2D eigenvalue weighted by atomic mass is 9.94. The van der Waals surface area contributed by atoms with Gasteiger partial charge in [-0.05, 0) is 19.9 Å². The lowest BCUT2D eigenvalue weighted by Gasteiger charge is -2.12. The molecular formula is C9H13ClN2OS. The zero-order chi connectivity index (χ0) is 10.3. The molecule has 0 aromatic carbocycles. The summed E-state index contributed by atoms with van der Waals surface area (Å²) < 4.78 is 1.01. The van der Waals surface area contributed by atoms with E-state index in [4.69, 9.17) is 11.6 Å². The van der Waals surface area contributed by atoms with Gasteiger partial charge in [0.05, 0.1) is 5.41 Å². The predicted octanol–water partition coefficient (Wildman–Crippen LogP) is 1.72. The van der Waals surface area contributed by atoms with Crippen molar-refractivity contribution in [3.05, 3.63) is 17.0 Å². The number of hydrogen-bond donors (Lipinski definition) is 1. The lowest BCUT2D eigenvalue weighted by Crippen LogP contribution is -2.19. The molecule has 0 aromatic heterocycles. The maximum absolute atomic E-state index is 11.5. The highest BCUT2D eigenvalue weighted by molar-refractivity contribution is 8.02. The number of rotatable bonds is 0. The summed E-state index contributed by atoms with van der Waals surface area (Å²) in [6, 6.07) is 0. The minimum absolute atomic E-state index is 0.103. The first kappa shape index (κ1) is 10.2. The summed E-state index contributed by atoms with van der Waals surface area (Å²) in [5, 5.41) is 14.9. The Morgan fingerprint density at radius 2 is 2.43 bits per heavy atom. The minimum atomic E-state index is -0.194. The van der Waals surface area contributed by atoms with Crippen LogP contribution in [0.25, 0.3) is 0 Å². The van der Waals surface area contributed by atoms with Crippen molar-refractivity contribution in [3.8, 4) is 0 Å². The molecule has 78 valence electrons. The van der Waals surface area contributed by atoms with E-state index in [1.54, 1.807) is 18.0 Å². The summed E-state index contributed by atoms with van der Waals surface area (Å²) in [5.74, 6) is 0. The quantitative estimate of drug-likeness (QED) is 0.299. The van der Waals surface area contributed by atoms with Gasteiger partial charge >= 0.3 is 0 Å². The van der Waals surface area contributed by atoms with Gasteiger partial charge in [-0.25, -0.2) is 4.74 Å². The summed E-state index contributed by atoms with van der Waals surface area (Å²) in [4.78, 5) is -0.103. The number of hydrogen-bond acceptors (Lipinski definition) is 3. The molecule has 0 aromatic rings. The largest absolute Gasteiger partial charge is 0.624 e. The molecule has 3 nitrogen and oxygen atoms in total. The third-order valence-electron chi connectivity index (χ3n) is 2.26. The SMILES string of the molecule is CC1(C)C=C2NC(Cl)SC2C[N+]([O-])=C1. The number of allylic oxidation sites excluding steroid dienone is 1.